The molecule has 0 unspecified atom stereocenters. The van der Waals surface area contributed by atoms with Gasteiger partial charge in [0.1, 0.15) is 5.75 Å². The van der Waals surface area contributed by atoms with Crippen molar-refractivity contribution >= 4 is 30.9 Å². The van der Waals surface area contributed by atoms with E-state index in [0.717, 1.165) is 17.0 Å². The summed E-state index contributed by atoms with van der Waals surface area (Å²) in [5, 5.41) is 1.40. The summed E-state index contributed by atoms with van der Waals surface area (Å²) in [5.74, 6) is 0.978. The molecule has 0 bridgehead atoms. The Morgan fingerprint density at radius 2 is 1.52 bits per heavy atom. The molecular weight excluding hydrogens is 422 g/mol. The molecule has 3 aromatic rings. The van der Waals surface area contributed by atoms with Gasteiger partial charge in [0.15, 0.2) is 0 Å². The van der Waals surface area contributed by atoms with Crippen LogP contribution in [0.4, 0.5) is 5.69 Å². The van der Waals surface area contributed by atoms with Crippen molar-refractivity contribution in [1.29, 1.82) is 0 Å². The van der Waals surface area contributed by atoms with Gasteiger partial charge in [0, 0.05) is 5.69 Å². The molecule has 1 aliphatic heterocycles. The van der Waals surface area contributed by atoms with Crippen LogP contribution in [0, 0.1) is 5.92 Å². The van der Waals surface area contributed by atoms with Gasteiger partial charge < -0.3 is 9.64 Å². The van der Waals surface area contributed by atoms with E-state index in [1.807, 2.05) is 35.2 Å². The number of anilines is 1. The van der Waals surface area contributed by atoms with Crippen LogP contribution >= 0.6 is 0 Å². The quantitative estimate of drug-likeness (QED) is 0.316. The molecule has 1 aliphatic rings. The maximum absolute atomic E-state index is 13.7. The molecule has 0 aromatic heterocycles. The highest BCUT2D eigenvalue weighted by molar-refractivity contribution is 6.91. The van der Waals surface area contributed by atoms with Crippen molar-refractivity contribution in [2.75, 3.05) is 12.0 Å². The molecule has 1 heterocycles. The number of β-lactam (4-membered cyclic amide) rings is 1. The van der Waals surface area contributed by atoms with E-state index < -0.39 is 8.07 Å². The second-order valence-corrected chi connectivity index (χ2v) is 14.5. The monoisotopic (exact) mass is 455 g/mol. The summed E-state index contributed by atoms with van der Waals surface area (Å²) < 4.78 is 5.32. The van der Waals surface area contributed by atoms with E-state index in [9.17, 15) is 4.79 Å². The molecule has 0 N–H and O–H groups in total. The lowest BCUT2D eigenvalue weighted by molar-refractivity contribution is -0.129. The number of hydrogen-bond acceptors (Lipinski definition) is 2. The summed E-state index contributed by atoms with van der Waals surface area (Å²) >= 11 is 0. The highest BCUT2D eigenvalue weighted by atomic mass is 28.3. The van der Waals surface area contributed by atoms with Crippen LogP contribution in [0.15, 0.2) is 90.5 Å². The highest BCUT2D eigenvalue weighted by Crippen LogP contribution is 2.46. The Balaban J connectivity index is 1.72. The predicted octanol–water partition coefficient (Wildman–Crippen LogP) is 6.14. The summed E-state index contributed by atoms with van der Waals surface area (Å²) in [7, 11) is -0.217. The van der Waals surface area contributed by atoms with Crippen LogP contribution in [0.25, 0.3) is 6.08 Å². The molecular formula is C29H33NO2Si. The summed E-state index contributed by atoms with van der Waals surface area (Å²) in [5.41, 5.74) is 3.60. The van der Waals surface area contributed by atoms with Crippen molar-refractivity contribution in [2.24, 2.45) is 5.92 Å². The van der Waals surface area contributed by atoms with Gasteiger partial charge in [-0.2, -0.15) is 0 Å². The Bertz CT molecular complexity index is 1120. The fourth-order valence-electron chi connectivity index (χ4n) is 4.99. The maximum Gasteiger partial charge on any atom is 0.233 e. The molecule has 3 nitrogen and oxygen atoms in total. The third-order valence-electron chi connectivity index (χ3n) is 7.35. The molecule has 170 valence electrons. The Kier molecular flexibility index (Phi) is 6.57. The first-order valence-corrected chi connectivity index (χ1v) is 14.7. The summed E-state index contributed by atoms with van der Waals surface area (Å²) in [6.45, 7) is 9.24. The van der Waals surface area contributed by atoms with Gasteiger partial charge in [0.2, 0.25) is 5.91 Å². The molecule has 0 saturated carbocycles. The van der Waals surface area contributed by atoms with E-state index in [-0.39, 0.29) is 17.9 Å². The smallest absolute Gasteiger partial charge is 0.233 e. The van der Waals surface area contributed by atoms with Gasteiger partial charge in [0.05, 0.1) is 27.1 Å². The fraction of sp³-hybridized carbons (Fsp3) is 0.276. The van der Waals surface area contributed by atoms with Crippen LogP contribution in [0.5, 0.6) is 5.75 Å². The number of nitrogens with zero attached hydrogens (tertiary/aromatic N) is 1. The minimum atomic E-state index is -1.88. The van der Waals surface area contributed by atoms with Crippen LogP contribution in [0.2, 0.25) is 18.6 Å². The molecule has 3 aromatic carbocycles. The van der Waals surface area contributed by atoms with Gasteiger partial charge in [-0.05, 0) is 47.9 Å². The predicted molar refractivity (Wildman–Crippen MR) is 141 cm³/mol. The number of ether oxygens (including phenoxy) is 1. The first-order valence-electron chi connectivity index (χ1n) is 11.6. The van der Waals surface area contributed by atoms with E-state index in [1.165, 1.54) is 10.8 Å². The van der Waals surface area contributed by atoms with Crippen molar-refractivity contribution in [1.82, 2.24) is 0 Å². The average molecular weight is 456 g/mol. The van der Waals surface area contributed by atoms with Crippen LogP contribution in [-0.4, -0.2) is 27.1 Å². The molecule has 3 atom stereocenters. The molecule has 0 spiro atoms. The van der Waals surface area contributed by atoms with Gasteiger partial charge in [-0.25, -0.2) is 0 Å². The van der Waals surface area contributed by atoms with Crippen molar-refractivity contribution in [3.63, 3.8) is 0 Å². The minimum absolute atomic E-state index is 0.0334. The Morgan fingerprint density at radius 3 is 2.09 bits per heavy atom. The third-order valence-corrected chi connectivity index (χ3v) is 11.8. The number of rotatable bonds is 7. The van der Waals surface area contributed by atoms with Crippen LogP contribution in [-0.2, 0) is 4.79 Å². The number of amides is 1. The molecule has 4 rings (SSSR count). The normalized spacial score (nSPS) is 19.7. The van der Waals surface area contributed by atoms with E-state index in [4.69, 9.17) is 4.74 Å². The highest BCUT2D eigenvalue weighted by Gasteiger charge is 2.54. The topological polar surface area (TPSA) is 29.5 Å². The Hall–Kier alpha value is -3.11. The number of carbonyl (C=O) groups excluding carboxylic acids is 1. The zero-order valence-electron chi connectivity index (χ0n) is 20.2. The Morgan fingerprint density at radius 1 is 0.939 bits per heavy atom. The van der Waals surface area contributed by atoms with Crippen molar-refractivity contribution in [2.45, 2.75) is 38.5 Å². The molecule has 33 heavy (non-hydrogen) atoms. The molecule has 1 saturated heterocycles. The fourth-order valence-corrected chi connectivity index (χ4v) is 7.79. The van der Waals surface area contributed by atoms with E-state index in [0.29, 0.717) is 5.54 Å². The van der Waals surface area contributed by atoms with Gasteiger partial charge in [-0.15, -0.1) is 0 Å². The lowest BCUT2D eigenvalue weighted by Gasteiger charge is -2.53. The van der Waals surface area contributed by atoms with E-state index >= 15 is 0 Å². The summed E-state index contributed by atoms with van der Waals surface area (Å²) in [4.78, 5) is 15.7. The largest absolute Gasteiger partial charge is 0.497 e. The van der Waals surface area contributed by atoms with Crippen LogP contribution in [0.3, 0.4) is 0 Å². The van der Waals surface area contributed by atoms with Crippen molar-refractivity contribution in [3.8, 4) is 5.75 Å². The summed E-state index contributed by atoms with van der Waals surface area (Å²) in [6.07, 6.45) is 2.23. The number of hydrogen-bond donors (Lipinski definition) is 0. The van der Waals surface area contributed by atoms with Crippen molar-refractivity contribution < 1.29 is 9.53 Å². The number of methoxy groups -OCH3 is 1. The van der Waals surface area contributed by atoms with Gasteiger partial charge in [-0.3, -0.25) is 4.79 Å². The molecule has 1 fully saturated rings. The Labute approximate surface area is 198 Å². The van der Waals surface area contributed by atoms with E-state index in [1.54, 1.807) is 7.11 Å². The standard InChI is InChI=1S/C29H33NO2Si/c1-21(20-23-12-8-6-9-13-23)28-27(22(2)33(4,5)26-14-10-7-11-15-26)29(31)30(28)24-16-18-25(32-3)19-17-24/h6-20,22,27-28H,1-5H3/b21-20+/t22-,27-,28-/m1/s1. The van der Waals surface area contributed by atoms with Crippen LogP contribution < -0.4 is 14.8 Å². The van der Waals surface area contributed by atoms with Crippen LogP contribution in [0.1, 0.15) is 19.4 Å². The number of carbonyl (C=O) groups is 1. The van der Waals surface area contributed by atoms with E-state index in [2.05, 4.69) is 87.6 Å². The lowest BCUT2D eigenvalue weighted by atomic mass is 9.79. The second-order valence-electron chi connectivity index (χ2n) is 9.55. The molecule has 1 amide bonds. The SMILES string of the molecule is COc1ccc(N2C(=O)[C@H]([C@@H](C)[Si](C)(C)c3ccccc3)[C@H]2/C(C)=C/c2ccccc2)cc1. The molecule has 0 aliphatic carbocycles. The summed E-state index contributed by atoms with van der Waals surface area (Å²) in [6, 6.07) is 29.0. The first-order chi connectivity index (χ1) is 15.8. The van der Waals surface area contributed by atoms with Gasteiger partial charge in [-0.1, -0.05) is 91.9 Å². The maximum atomic E-state index is 13.7. The molecule has 4 heteroatoms. The first kappa shape index (κ1) is 23.1. The lowest BCUT2D eigenvalue weighted by Crippen LogP contribution is -2.66. The second kappa shape index (κ2) is 9.40. The van der Waals surface area contributed by atoms with Gasteiger partial charge >= 0.3 is 0 Å². The number of benzene rings is 3. The average Bonchev–Trinajstić information content (AvgIpc) is 2.84. The third kappa shape index (κ3) is 4.40. The van der Waals surface area contributed by atoms with Crippen molar-refractivity contribution in [3.05, 3.63) is 96.1 Å². The molecule has 0 radical (unpaired) electrons. The zero-order chi connectivity index (χ0) is 23.6. The minimum Gasteiger partial charge on any atom is -0.497 e. The van der Waals surface area contributed by atoms with Gasteiger partial charge in [0.25, 0.3) is 0 Å². The zero-order valence-corrected chi connectivity index (χ0v) is 21.2.